The molecule has 0 bridgehead atoms. The van der Waals surface area contributed by atoms with Gasteiger partial charge in [0.2, 0.25) is 0 Å². The lowest BCUT2D eigenvalue weighted by Crippen LogP contribution is -2.13. The zero-order chi connectivity index (χ0) is 22.9. The summed E-state index contributed by atoms with van der Waals surface area (Å²) in [6.07, 6.45) is -5.36. The van der Waals surface area contributed by atoms with E-state index in [-0.39, 0.29) is 48.6 Å². The molecule has 9 heteroatoms. The van der Waals surface area contributed by atoms with Gasteiger partial charge >= 0.3 is 6.18 Å². The van der Waals surface area contributed by atoms with Crippen molar-refractivity contribution < 1.29 is 37.2 Å². The van der Waals surface area contributed by atoms with Crippen LogP contribution in [0.25, 0.3) is 10.9 Å². The average molecular weight is 453 g/mol. The van der Waals surface area contributed by atoms with E-state index in [0.717, 1.165) is 6.07 Å². The smallest absolute Gasteiger partial charge is 0.416 e. The lowest BCUT2D eigenvalue weighted by molar-refractivity contribution is -0.138. The molecule has 1 fully saturated rings. The SMILES string of the molecule is OC(O)CCc1[nH]c2ccc(OCc3ccc(C4CCOC4)c(C(F)(F)F)c3)cc2c1F. The second-order valence-corrected chi connectivity index (χ2v) is 7.91. The lowest BCUT2D eigenvalue weighted by atomic mass is 9.92. The fourth-order valence-corrected chi connectivity index (χ4v) is 3.97. The standard InChI is InChI=1S/C23H23F4NO4/c24-22-17-10-15(2-4-19(17)28-20(22)5-6-21(29)30)32-11-13-1-3-16(14-7-8-31-12-14)18(9-13)23(25,26)27/h1-4,9-10,14,21,28-30H,5-8,11-12H2. The van der Waals surface area contributed by atoms with Crippen LogP contribution in [0.2, 0.25) is 0 Å². The number of hydrogen-bond acceptors (Lipinski definition) is 4. The van der Waals surface area contributed by atoms with E-state index in [0.29, 0.717) is 29.9 Å². The molecule has 0 saturated carbocycles. The molecule has 0 aliphatic carbocycles. The van der Waals surface area contributed by atoms with E-state index < -0.39 is 23.8 Å². The zero-order valence-corrected chi connectivity index (χ0v) is 17.1. The molecular weight excluding hydrogens is 430 g/mol. The molecule has 1 aliphatic rings. The number of alkyl halides is 3. The molecule has 32 heavy (non-hydrogen) atoms. The third-order valence-corrected chi connectivity index (χ3v) is 5.63. The van der Waals surface area contributed by atoms with E-state index in [1.807, 2.05) is 0 Å². The van der Waals surface area contributed by atoms with Crippen LogP contribution in [0.3, 0.4) is 0 Å². The van der Waals surface area contributed by atoms with Gasteiger partial charge in [0.1, 0.15) is 12.4 Å². The largest absolute Gasteiger partial charge is 0.489 e. The Balaban J connectivity index is 1.52. The first-order valence-electron chi connectivity index (χ1n) is 10.3. The molecular formula is C23H23F4NO4. The van der Waals surface area contributed by atoms with Crippen LogP contribution in [-0.4, -0.2) is 34.7 Å². The maximum Gasteiger partial charge on any atom is 0.416 e. The fraction of sp³-hybridized carbons (Fsp3) is 0.391. The Morgan fingerprint density at radius 3 is 2.66 bits per heavy atom. The molecule has 1 unspecified atom stereocenters. The zero-order valence-electron chi connectivity index (χ0n) is 17.1. The number of aromatic amines is 1. The number of nitrogens with one attached hydrogen (secondary N) is 1. The normalized spacial score (nSPS) is 16.9. The number of ether oxygens (including phenoxy) is 2. The highest BCUT2D eigenvalue weighted by Crippen LogP contribution is 2.38. The second-order valence-electron chi connectivity index (χ2n) is 7.91. The van der Waals surface area contributed by atoms with Gasteiger partial charge in [-0.15, -0.1) is 0 Å². The van der Waals surface area contributed by atoms with E-state index >= 15 is 0 Å². The third-order valence-electron chi connectivity index (χ3n) is 5.63. The van der Waals surface area contributed by atoms with Crippen molar-refractivity contribution in [1.82, 2.24) is 4.98 Å². The summed E-state index contributed by atoms with van der Waals surface area (Å²) >= 11 is 0. The van der Waals surface area contributed by atoms with Crippen LogP contribution in [0.4, 0.5) is 17.6 Å². The van der Waals surface area contributed by atoms with Crippen LogP contribution in [0, 0.1) is 5.82 Å². The van der Waals surface area contributed by atoms with Crippen molar-refractivity contribution in [1.29, 1.82) is 0 Å². The Morgan fingerprint density at radius 1 is 1.16 bits per heavy atom. The minimum absolute atomic E-state index is 0.0163. The number of aliphatic hydroxyl groups is 2. The van der Waals surface area contributed by atoms with Crippen LogP contribution in [0.1, 0.15) is 41.1 Å². The van der Waals surface area contributed by atoms with E-state index in [2.05, 4.69) is 4.98 Å². The molecule has 172 valence electrons. The summed E-state index contributed by atoms with van der Waals surface area (Å²) in [5.41, 5.74) is 0.658. The number of aromatic nitrogens is 1. The molecule has 1 atom stereocenters. The Labute approximate surface area is 181 Å². The topological polar surface area (TPSA) is 74.7 Å². The van der Waals surface area contributed by atoms with Gasteiger partial charge in [0, 0.05) is 29.8 Å². The summed E-state index contributed by atoms with van der Waals surface area (Å²) in [5, 5.41) is 18.2. The minimum Gasteiger partial charge on any atom is -0.489 e. The number of H-pyrrole nitrogens is 1. The first-order chi connectivity index (χ1) is 15.2. The third kappa shape index (κ3) is 4.90. The average Bonchev–Trinajstić information content (AvgIpc) is 3.38. The number of fused-ring (bicyclic) bond motifs is 1. The van der Waals surface area contributed by atoms with E-state index in [1.54, 1.807) is 18.2 Å². The van der Waals surface area contributed by atoms with Crippen molar-refractivity contribution in [2.75, 3.05) is 13.2 Å². The van der Waals surface area contributed by atoms with Crippen LogP contribution in [0.5, 0.6) is 5.75 Å². The van der Waals surface area contributed by atoms with Gasteiger partial charge in [-0.2, -0.15) is 13.2 Å². The Hall–Kier alpha value is -2.62. The van der Waals surface area contributed by atoms with E-state index in [9.17, 15) is 17.6 Å². The summed E-state index contributed by atoms with van der Waals surface area (Å²) in [4.78, 5) is 2.89. The quantitative estimate of drug-likeness (QED) is 0.360. The first-order valence-corrected chi connectivity index (χ1v) is 10.3. The van der Waals surface area contributed by atoms with Crippen molar-refractivity contribution in [2.45, 2.75) is 44.3 Å². The summed E-state index contributed by atoms with van der Waals surface area (Å²) in [5.74, 6) is -0.485. The van der Waals surface area contributed by atoms with Crippen LogP contribution < -0.4 is 4.74 Å². The van der Waals surface area contributed by atoms with Crippen LogP contribution >= 0.6 is 0 Å². The number of aliphatic hydroxyl groups excluding tert-OH is 1. The van der Waals surface area contributed by atoms with Gasteiger partial charge < -0.3 is 24.7 Å². The summed E-state index contributed by atoms with van der Waals surface area (Å²) < 4.78 is 66.4. The van der Waals surface area contributed by atoms with Crippen LogP contribution in [-0.2, 0) is 23.9 Å². The molecule has 1 aromatic heterocycles. The highest BCUT2D eigenvalue weighted by molar-refractivity contribution is 5.82. The molecule has 2 heterocycles. The predicted molar refractivity (Wildman–Crippen MR) is 109 cm³/mol. The minimum atomic E-state index is -4.49. The second kappa shape index (κ2) is 9.09. The van der Waals surface area contributed by atoms with Gasteiger partial charge in [0.05, 0.1) is 17.9 Å². The van der Waals surface area contributed by atoms with Gasteiger partial charge in [0.25, 0.3) is 0 Å². The highest BCUT2D eigenvalue weighted by atomic mass is 19.4. The number of halogens is 4. The van der Waals surface area contributed by atoms with Gasteiger partial charge in [-0.1, -0.05) is 12.1 Å². The Morgan fingerprint density at radius 2 is 1.97 bits per heavy atom. The number of benzene rings is 2. The molecule has 5 nitrogen and oxygen atoms in total. The molecule has 3 N–H and O–H groups in total. The first kappa shape index (κ1) is 22.6. The molecule has 0 radical (unpaired) electrons. The highest BCUT2D eigenvalue weighted by Gasteiger charge is 2.36. The summed E-state index contributed by atoms with van der Waals surface area (Å²) in [6.45, 7) is 0.624. The monoisotopic (exact) mass is 453 g/mol. The molecule has 1 aliphatic heterocycles. The number of rotatable bonds is 7. The molecule has 4 rings (SSSR count). The Bertz CT molecular complexity index is 1090. The molecule has 0 spiro atoms. The van der Waals surface area contributed by atoms with Gasteiger partial charge in [0.15, 0.2) is 12.1 Å². The molecule has 3 aromatic rings. The van der Waals surface area contributed by atoms with Crippen LogP contribution in [0.15, 0.2) is 36.4 Å². The summed E-state index contributed by atoms with van der Waals surface area (Å²) in [6, 6.07) is 8.86. The number of hydrogen-bond donors (Lipinski definition) is 3. The fourth-order valence-electron chi connectivity index (χ4n) is 3.97. The van der Waals surface area contributed by atoms with Gasteiger partial charge in [-0.3, -0.25) is 0 Å². The van der Waals surface area contributed by atoms with Crippen molar-refractivity contribution in [3.05, 3.63) is 64.6 Å². The number of aryl methyl sites for hydroxylation is 1. The van der Waals surface area contributed by atoms with E-state index in [1.165, 1.54) is 12.1 Å². The lowest BCUT2D eigenvalue weighted by Gasteiger charge is -2.18. The van der Waals surface area contributed by atoms with Gasteiger partial charge in [-0.25, -0.2) is 4.39 Å². The molecule has 0 amide bonds. The van der Waals surface area contributed by atoms with E-state index in [4.69, 9.17) is 19.7 Å². The maximum absolute atomic E-state index is 14.6. The summed E-state index contributed by atoms with van der Waals surface area (Å²) in [7, 11) is 0. The predicted octanol–water partition coefficient (Wildman–Crippen LogP) is 4.65. The van der Waals surface area contributed by atoms with Crippen molar-refractivity contribution >= 4 is 10.9 Å². The van der Waals surface area contributed by atoms with Crippen molar-refractivity contribution in [3.63, 3.8) is 0 Å². The molecule has 1 saturated heterocycles. The van der Waals surface area contributed by atoms with Crippen molar-refractivity contribution in [2.24, 2.45) is 0 Å². The molecule has 2 aromatic carbocycles. The Kier molecular flexibility index (Phi) is 6.41. The van der Waals surface area contributed by atoms with Crippen molar-refractivity contribution in [3.8, 4) is 5.75 Å². The maximum atomic E-state index is 14.6. The van der Waals surface area contributed by atoms with Gasteiger partial charge in [-0.05, 0) is 48.2 Å².